The van der Waals surface area contributed by atoms with Crippen LogP contribution in [0.2, 0.25) is 5.02 Å². The second-order valence-electron chi connectivity index (χ2n) is 7.91. The summed E-state index contributed by atoms with van der Waals surface area (Å²) in [6.07, 6.45) is 3.80. The zero-order chi connectivity index (χ0) is 20.7. The summed E-state index contributed by atoms with van der Waals surface area (Å²) >= 11 is 6.27. The average molecular weight is 494 g/mol. The van der Waals surface area contributed by atoms with Gasteiger partial charge in [0.1, 0.15) is 11.6 Å². The fourth-order valence-corrected chi connectivity index (χ4v) is 4.62. The first kappa shape index (κ1) is 24.3. The Bertz CT molecular complexity index is 1080. The van der Waals surface area contributed by atoms with E-state index in [1.807, 2.05) is 36.5 Å². The van der Waals surface area contributed by atoms with E-state index in [0.717, 1.165) is 54.6 Å². The van der Waals surface area contributed by atoms with Crippen LogP contribution in [-0.2, 0) is 17.9 Å². The Morgan fingerprint density at radius 3 is 2.53 bits per heavy atom. The lowest BCUT2D eigenvalue weighted by Crippen LogP contribution is -3.00. The van der Waals surface area contributed by atoms with Gasteiger partial charge < -0.3 is 34.6 Å². The third-order valence-corrected chi connectivity index (χ3v) is 6.24. The number of aromatic nitrogens is 4. The number of hydrogen-bond acceptors (Lipinski definition) is 5. The van der Waals surface area contributed by atoms with Crippen LogP contribution < -0.4 is 29.7 Å². The van der Waals surface area contributed by atoms with Crippen LogP contribution in [0.4, 0.5) is 5.82 Å². The maximum absolute atomic E-state index is 12.2. The van der Waals surface area contributed by atoms with E-state index in [1.54, 1.807) is 11.8 Å². The van der Waals surface area contributed by atoms with Gasteiger partial charge in [-0.1, -0.05) is 17.7 Å². The molecule has 1 aromatic carbocycles. The van der Waals surface area contributed by atoms with E-state index in [2.05, 4.69) is 30.7 Å². The summed E-state index contributed by atoms with van der Waals surface area (Å²) in [4.78, 5) is 20.7. The molecule has 0 aliphatic carbocycles. The van der Waals surface area contributed by atoms with Gasteiger partial charge in [0.25, 0.3) is 0 Å². The summed E-state index contributed by atoms with van der Waals surface area (Å²) in [6, 6.07) is 11.9. The van der Waals surface area contributed by atoms with E-state index in [1.165, 1.54) is 0 Å². The Labute approximate surface area is 204 Å². The number of fused-ring (bicyclic) bond motifs is 3. The van der Waals surface area contributed by atoms with Gasteiger partial charge in [0.2, 0.25) is 5.91 Å². The number of nitrogens with zero attached hydrogens (tertiary/aromatic N) is 6. The van der Waals surface area contributed by atoms with E-state index in [9.17, 15) is 4.79 Å². The summed E-state index contributed by atoms with van der Waals surface area (Å²) in [5.74, 6) is 3.11. The zero-order valence-electron chi connectivity index (χ0n) is 17.6. The molecule has 0 radical (unpaired) electrons. The molecule has 1 fully saturated rings. The van der Waals surface area contributed by atoms with Crippen molar-refractivity contribution in [3.8, 4) is 5.69 Å². The van der Waals surface area contributed by atoms with Crippen LogP contribution in [0.25, 0.3) is 5.69 Å². The van der Waals surface area contributed by atoms with Crippen LogP contribution >= 0.6 is 11.6 Å². The molecule has 2 aliphatic heterocycles. The van der Waals surface area contributed by atoms with Crippen LogP contribution in [-0.4, -0.2) is 43.6 Å². The minimum absolute atomic E-state index is 0. The van der Waals surface area contributed by atoms with Crippen LogP contribution in [0.3, 0.4) is 0 Å². The number of rotatable bonds is 2. The monoisotopic (exact) mass is 492 g/mol. The lowest BCUT2D eigenvalue weighted by Gasteiger charge is -2.32. The van der Waals surface area contributed by atoms with Gasteiger partial charge in [0.05, 0.1) is 12.2 Å². The SMILES string of the molecule is CC(=O)N1Cc2cc(Cl)ccc2-n2c(nnc2C2CCN(c3ccccn3)CC2)C1.[Cl-].[Cl-]. The van der Waals surface area contributed by atoms with E-state index in [4.69, 9.17) is 11.6 Å². The van der Waals surface area contributed by atoms with E-state index >= 15 is 0 Å². The Kier molecular flexibility index (Phi) is 7.64. The van der Waals surface area contributed by atoms with Crippen molar-refractivity contribution in [3.63, 3.8) is 0 Å². The Balaban J connectivity index is 0.00000144. The molecule has 0 spiro atoms. The molecule has 0 saturated carbocycles. The summed E-state index contributed by atoms with van der Waals surface area (Å²) in [6.45, 7) is 4.41. The van der Waals surface area contributed by atoms with Crippen molar-refractivity contribution in [3.05, 3.63) is 64.8 Å². The predicted octanol–water partition coefficient (Wildman–Crippen LogP) is -2.43. The largest absolute Gasteiger partial charge is 1.00 e. The van der Waals surface area contributed by atoms with Crippen molar-refractivity contribution in [2.75, 3.05) is 18.0 Å². The molecule has 7 nitrogen and oxygen atoms in total. The molecular formula is C22H23Cl3N6O-2. The van der Waals surface area contributed by atoms with Crippen molar-refractivity contribution in [1.82, 2.24) is 24.6 Å². The number of carbonyl (C=O) groups excluding carboxylic acids is 1. The van der Waals surface area contributed by atoms with Gasteiger partial charge >= 0.3 is 0 Å². The molecule has 170 valence electrons. The van der Waals surface area contributed by atoms with Crippen LogP contribution in [0.15, 0.2) is 42.6 Å². The first-order chi connectivity index (χ1) is 14.6. The van der Waals surface area contributed by atoms with Gasteiger partial charge in [-0.15, -0.1) is 10.2 Å². The molecule has 1 amide bonds. The number of benzene rings is 1. The summed E-state index contributed by atoms with van der Waals surface area (Å²) < 4.78 is 2.15. The highest BCUT2D eigenvalue weighted by Crippen LogP contribution is 2.34. The second kappa shape index (κ2) is 10.1. The van der Waals surface area contributed by atoms with Crippen molar-refractivity contribution in [2.45, 2.75) is 38.8 Å². The smallest absolute Gasteiger partial charge is 0.220 e. The fourth-order valence-electron chi connectivity index (χ4n) is 4.42. The molecule has 1 saturated heterocycles. The second-order valence-corrected chi connectivity index (χ2v) is 8.34. The number of carbonyl (C=O) groups is 1. The van der Waals surface area contributed by atoms with Gasteiger partial charge in [0.15, 0.2) is 5.82 Å². The maximum Gasteiger partial charge on any atom is 0.220 e. The third kappa shape index (κ3) is 4.56. The first-order valence-electron chi connectivity index (χ1n) is 10.2. The zero-order valence-corrected chi connectivity index (χ0v) is 19.9. The predicted molar refractivity (Wildman–Crippen MR) is 115 cm³/mol. The molecule has 2 aromatic heterocycles. The summed E-state index contributed by atoms with van der Waals surface area (Å²) in [7, 11) is 0. The highest BCUT2D eigenvalue weighted by Gasteiger charge is 2.30. The quantitative estimate of drug-likeness (QED) is 0.397. The highest BCUT2D eigenvalue weighted by atomic mass is 35.5. The molecule has 32 heavy (non-hydrogen) atoms. The van der Waals surface area contributed by atoms with E-state index in [-0.39, 0.29) is 30.7 Å². The van der Waals surface area contributed by atoms with Gasteiger partial charge in [0, 0.05) is 43.7 Å². The first-order valence-corrected chi connectivity index (χ1v) is 10.6. The molecule has 0 bridgehead atoms. The molecule has 2 aliphatic rings. The fraction of sp³-hybridized carbons (Fsp3) is 0.364. The van der Waals surface area contributed by atoms with Crippen molar-refractivity contribution in [1.29, 1.82) is 0 Å². The van der Waals surface area contributed by atoms with Crippen LogP contribution in [0.1, 0.15) is 42.9 Å². The molecule has 4 heterocycles. The number of piperidine rings is 1. The number of pyridine rings is 1. The highest BCUT2D eigenvalue weighted by molar-refractivity contribution is 6.30. The van der Waals surface area contributed by atoms with Crippen LogP contribution in [0, 0.1) is 0 Å². The lowest BCUT2D eigenvalue weighted by molar-refractivity contribution is -0.130. The minimum atomic E-state index is 0. The third-order valence-electron chi connectivity index (χ3n) is 6.01. The van der Waals surface area contributed by atoms with Gasteiger partial charge in [-0.3, -0.25) is 9.36 Å². The van der Waals surface area contributed by atoms with Gasteiger partial charge in [-0.05, 0) is 48.7 Å². The van der Waals surface area contributed by atoms with E-state index in [0.29, 0.717) is 24.0 Å². The lowest BCUT2D eigenvalue weighted by atomic mass is 9.95. The van der Waals surface area contributed by atoms with Crippen molar-refractivity contribution < 1.29 is 29.6 Å². The number of hydrogen-bond donors (Lipinski definition) is 0. The normalized spacial score (nSPS) is 15.7. The molecular weight excluding hydrogens is 471 g/mol. The van der Waals surface area contributed by atoms with Gasteiger partial charge in [-0.2, -0.15) is 0 Å². The molecule has 3 aromatic rings. The number of amides is 1. The summed E-state index contributed by atoms with van der Waals surface area (Å²) in [5.41, 5.74) is 2.04. The molecule has 0 atom stereocenters. The Hall–Kier alpha value is -2.35. The van der Waals surface area contributed by atoms with Crippen molar-refractivity contribution >= 4 is 23.3 Å². The van der Waals surface area contributed by atoms with Crippen LogP contribution in [0.5, 0.6) is 0 Å². The molecule has 0 unspecified atom stereocenters. The van der Waals surface area contributed by atoms with Crippen molar-refractivity contribution in [2.24, 2.45) is 0 Å². The van der Waals surface area contributed by atoms with E-state index < -0.39 is 0 Å². The maximum atomic E-state index is 12.2. The minimum Gasteiger partial charge on any atom is -1.00 e. The summed E-state index contributed by atoms with van der Waals surface area (Å²) in [5, 5.41) is 9.73. The average Bonchev–Trinajstić information content (AvgIpc) is 3.10. The Morgan fingerprint density at radius 1 is 1.06 bits per heavy atom. The molecule has 5 rings (SSSR count). The molecule has 10 heteroatoms. The number of halogens is 3. The number of anilines is 1. The van der Waals surface area contributed by atoms with Gasteiger partial charge in [-0.25, -0.2) is 4.98 Å². The Morgan fingerprint density at radius 2 is 1.84 bits per heavy atom. The topological polar surface area (TPSA) is 67.2 Å². The standard InChI is InChI=1S/C22H23ClN6O.2ClH/c1-15(30)28-13-17-12-18(23)5-6-19(17)29-21(14-28)25-26-22(29)16-7-10-27(11-8-16)20-4-2-3-9-24-20;;/h2-6,9,12,16H,7-8,10-11,13-14H2,1H3;2*1H/p-2. The molecule has 0 N–H and O–H groups in total.